The van der Waals surface area contributed by atoms with Crippen LogP contribution < -0.4 is 20.5 Å². The van der Waals surface area contributed by atoms with Crippen LogP contribution in [0.2, 0.25) is 0 Å². The minimum atomic E-state index is 0.293. The van der Waals surface area contributed by atoms with Gasteiger partial charge in [-0.2, -0.15) is 15.0 Å². The third-order valence-electron chi connectivity index (χ3n) is 5.28. The second-order valence-electron chi connectivity index (χ2n) is 7.46. The fraction of sp³-hybridized carbons (Fsp3) is 0.750. The molecule has 9 heteroatoms. The minimum absolute atomic E-state index is 0.293. The van der Waals surface area contributed by atoms with Crippen LogP contribution in [0.4, 0.5) is 5.82 Å². The van der Waals surface area contributed by atoms with E-state index < -0.39 is 0 Å². The second-order valence-corrected chi connectivity index (χ2v) is 7.46. The summed E-state index contributed by atoms with van der Waals surface area (Å²) in [6, 6.07) is 0.788. The van der Waals surface area contributed by atoms with Crippen molar-refractivity contribution in [3.05, 3.63) is 0 Å². The molecule has 3 N–H and O–H groups in total. The van der Waals surface area contributed by atoms with E-state index in [1.54, 1.807) is 7.11 Å². The lowest BCUT2D eigenvalue weighted by Gasteiger charge is -2.21. The Bertz CT molecular complexity index is 760. The van der Waals surface area contributed by atoms with Crippen molar-refractivity contribution >= 4 is 17.0 Å². The number of aryl methyl sites for hydroxylation is 1. The fourth-order valence-corrected chi connectivity index (χ4v) is 3.54. The Hall–Kier alpha value is -2.13. The van der Waals surface area contributed by atoms with Gasteiger partial charge in [-0.05, 0) is 51.1 Å². The van der Waals surface area contributed by atoms with Crippen LogP contribution in [0.25, 0.3) is 11.2 Å². The molecule has 3 heterocycles. The number of nitrogen functional groups attached to an aromatic ring is 1. The monoisotopic (exact) mass is 406 g/mol. The smallest absolute Gasteiger partial charge is 0.320 e. The predicted octanol–water partition coefficient (Wildman–Crippen LogP) is 2.39. The first-order valence-electron chi connectivity index (χ1n) is 10.7. The van der Waals surface area contributed by atoms with Crippen molar-refractivity contribution in [1.29, 1.82) is 0 Å². The van der Waals surface area contributed by atoms with Crippen LogP contribution >= 0.6 is 0 Å². The van der Waals surface area contributed by atoms with Crippen molar-refractivity contribution in [1.82, 2.24) is 24.8 Å². The number of hydrogen-bond acceptors (Lipinski definition) is 8. The maximum atomic E-state index is 6.08. The van der Waals surface area contributed by atoms with Crippen LogP contribution in [-0.4, -0.2) is 59.5 Å². The molecule has 0 radical (unpaired) electrons. The topological polar surface area (TPSA) is 109 Å². The van der Waals surface area contributed by atoms with Gasteiger partial charge >= 0.3 is 6.01 Å². The number of aromatic nitrogens is 4. The predicted molar refractivity (Wildman–Crippen MR) is 112 cm³/mol. The lowest BCUT2D eigenvalue weighted by atomic mass is 9.97. The summed E-state index contributed by atoms with van der Waals surface area (Å²) in [5, 5.41) is 3.54. The molecule has 2 aromatic rings. The summed E-state index contributed by atoms with van der Waals surface area (Å²) in [6.07, 6.45) is 6.51. The number of unbranched alkanes of at least 4 members (excludes halogenated alkanes) is 1. The van der Waals surface area contributed by atoms with Crippen LogP contribution in [0, 0.1) is 5.92 Å². The first-order chi connectivity index (χ1) is 14.2. The summed E-state index contributed by atoms with van der Waals surface area (Å²) >= 11 is 0. The number of nitrogens with one attached hydrogen (secondary N) is 1. The molecule has 0 atom stereocenters. The van der Waals surface area contributed by atoms with Gasteiger partial charge in [-0.15, -0.1) is 0 Å². The highest BCUT2D eigenvalue weighted by Gasteiger charge is 2.18. The number of imidazole rings is 1. The molecule has 0 amide bonds. The van der Waals surface area contributed by atoms with Gasteiger partial charge in [0.1, 0.15) is 0 Å². The summed E-state index contributed by atoms with van der Waals surface area (Å²) in [5.41, 5.74) is 7.29. The molecule has 1 saturated heterocycles. The highest BCUT2D eigenvalue weighted by atomic mass is 16.5. The molecule has 1 aliphatic heterocycles. The Labute approximate surface area is 172 Å². The van der Waals surface area contributed by atoms with Gasteiger partial charge in [-0.3, -0.25) is 4.57 Å². The molecule has 1 fully saturated rings. The number of rotatable bonds is 12. The molecule has 3 rings (SSSR count). The van der Waals surface area contributed by atoms with Crippen molar-refractivity contribution in [2.75, 3.05) is 45.8 Å². The molecule has 9 nitrogen and oxygen atoms in total. The number of anilines is 1. The van der Waals surface area contributed by atoms with Gasteiger partial charge in [0.05, 0.1) is 13.7 Å². The number of methoxy groups -OCH3 is 1. The number of hydrogen-bond donors (Lipinski definition) is 2. The van der Waals surface area contributed by atoms with Crippen LogP contribution in [-0.2, 0) is 11.3 Å². The van der Waals surface area contributed by atoms with E-state index in [2.05, 4.69) is 27.2 Å². The van der Waals surface area contributed by atoms with Gasteiger partial charge in [0.2, 0.25) is 0 Å². The summed E-state index contributed by atoms with van der Waals surface area (Å²) in [7, 11) is 1.60. The molecular formula is C20H34N6O3. The van der Waals surface area contributed by atoms with Crippen molar-refractivity contribution < 1.29 is 14.2 Å². The molecule has 1 aliphatic rings. The first kappa shape index (κ1) is 21.6. The molecule has 29 heavy (non-hydrogen) atoms. The summed E-state index contributed by atoms with van der Waals surface area (Å²) in [5.74, 6) is 1.10. The second kappa shape index (κ2) is 11.2. The SMILES string of the molecule is CCCCOc1nc(N)c2nc(OC)n(CCCNCCC3CCOCC3)c2n1. The van der Waals surface area contributed by atoms with Crippen molar-refractivity contribution in [3.8, 4) is 12.0 Å². The van der Waals surface area contributed by atoms with E-state index in [0.29, 0.717) is 35.6 Å². The maximum absolute atomic E-state index is 6.08. The van der Waals surface area contributed by atoms with Crippen molar-refractivity contribution in [2.24, 2.45) is 5.92 Å². The Morgan fingerprint density at radius 3 is 2.76 bits per heavy atom. The van der Waals surface area contributed by atoms with Gasteiger partial charge in [-0.25, -0.2) is 0 Å². The average Bonchev–Trinajstić information content (AvgIpc) is 3.10. The molecule has 2 aromatic heterocycles. The van der Waals surface area contributed by atoms with Gasteiger partial charge in [0, 0.05) is 19.8 Å². The lowest BCUT2D eigenvalue weighted by Crippen LogP contribution is -2.23. The fourth-order valence-electron chi connectivity index (χ4n) is 3.54. The highest BCUT2D eigenvalue weighted by Crippen LogP contribution is 2.25. The zero-order valence-electron chi connectivity index (χ0n) is 17.7. The van der Waals surface area contributed by atoms with E-state index in [-0.39, 0.29) is 0 Å². The maximum Gasteiger partial charge on any atom is 0.320 e. The van der Waals surface area contributed by atoms with Crippen LogP contribution in [0.15, 0.2) is 0 Å². The molecule has 0 bridgehead atoms. The standard InChI is InChI=1S/C20H34N6O3/c1-3-4-12-29-19-24-17(21)16-18(25-19)26(20(23-16)27-2)11-5-9-22-10-6-15-7-13-28-14-8-15/h15,22H,3-14H2,1-2H3,(H2,21,24,25). The van der Waals surface area contributed by atoms with E-state index in [4.69, 9.17) is 19.9 Å². The Morgan fingerprint density at radius 2 is 2.00 bits per heavy atom. The molecule has 0 aliphatic carbocycles. The van der Waals surface area contributed by atoms with E-state index in [1.165, 1.54) is 19.3 Å². The van der Waals surface area contributed by atoms with Crippen LogP contribution in [0.1, 0.15) is 45.4 Å². The molecule has 0 saturated carbocycles. The van der Waals surface area contributed by atoms with Gasteiger partial charge < -0.3 is 25.3 Å². The Balaban J connectivity index is 1.55. The quantitative estimate of drug-likeness (QED) is 0.517. The molecule has 0 unspecified atom stereocenters. The van der Waals surface area contributed by atoms with Gasteiger partial charge in [0.15, 0.2) is 17.0 Å². The highest BCUT2D eigenvalue weighted by molar-refractivity contribution is 5.83. The van der Waals surface area contributed by atoms with Crippen LogP contribution in [0.3, 0.4) is 0 Å². The van der Waals surface area contributed by atoms with E-state index in [0.717, 1.165) is 58.0 Å². The lowest BCUT2D eigenvalue weighted by molar-refractivity contribution is 0.0640. The molecule has 162 valence electrons. The van der Waals surface area contributed by atoms with E-state index in [1.807, 2.05) is 4.57 Å². The average molecular weight is 407 g/mol. The normalized spacial score (nSPS) is 15.1. The number of ether oxygens (including phenoxy) is 3. The third-order valence-corrected chi connectivity index (χ3v) is 5.28. The zero-order valence-corrected chi connectivity index (χ0v) is 17.7. The first-order valence-corrected chi connectivity index (χ1v) is 10.7. The minimum Gasteiger partial charge on any atom is -0.468 e. The van der Waals surface area contributed by atoms with E-state index >= 15 is 0 Å². The largest absolute Gasteiger partial charge is 0.468 e. The third kappa shape index (κ3) is 5.93. The number of fused-ring (bicyclic) bond motifs is 1. The van der Waals surface area contributed by atoms with Crippen LogP contribution in [0.5, 0.6) is 12.0 Å². The van der Waals surface area contributed by atoms with Crippen molar-refractivity contribution in [3.63, 3.8) is 0 Å². The summed E-state index contributed by atoms with van der Waals surface area (Å²) < 4.78 is 18.4. The van der Waals surface area contributed by atoms with Gasteiger partial charge in [0.25, 0.3) is 6.01 Å². The van der Waals surface area contributed by atoms with Gasteiger partial charge in [-0.1, -0.05) is 13.3 Å². The molecular weight excluding hydrogens is 372 g/mol. The van der Waals surface area contributed by atoms with Crippen molar-refractivity contribution in [2.45, 2.75) is 52.0 Å². The summed E-state index contributed by atoms with van der Waals surface area (Å²) in [6.45, 7) is 7.20. The summed E-state index contributed by atoms with van der Waals surface area (Å²) in [4.78, 5) is 13.2. The zero-order chi connectivity index (χ0) is 20.5. The number of nitrogens with two attached hydrogens (primary N) is 1. The Kier molecular flexibility index (Phi) is 8.30. The molecule has 0 aromatic carbocycles. The molecule has 0 spiro atoms. The number of nitrogens with zero attached hydrogens (tertiary/aromatic N) is 4. The Morgan fingerprint density at radius 1 is 1.17 bits per heavy atom. The van der Waals surface area contributed by atoms with E-state index in [9.17, 15) is 0 Å².